The van der Waals surface area contributed by atoms with E-state index in [9.17, 15) is 0 Å². The van der Waals surface area contributed by atoms with Crippen LogP contribution in [-0.4, -0.2) is 44.0 Å². The van der Waals surface area contributed by atoms with E-state index in [4.69, 9.17) is 9.15 Å². The van der Waals surface area contributed by atoms with Gasteiger partial charge in [-0.15, -0.1) is 10.2 Å². The van der Waals surface area contributed by atoms with E-state index in [1.54, 1.807) is 25.0 Å². The molecule has 8 nitrogen and oxygen atoms in total. The van der Waals surface area contributed by atoms with Gasteiger partial charge in [-0.3, -0.25) is 4.90 Å². The van der Waals surface area contributed by atoms with Crippen molar-refractivity contribution in [1.82, 2.24) is 29.9 Å². The smallest absolute Gasteiger partial charge is 0.230 e. The number of hydrogen-bond donors (Lipinski definition) is 0. The Bertz CT molecular complexity index is 784. The van der Waals surface area contributed by atoms with Crippen LogP contribution in [0, 0.1) is 6.92 Å². The van der Waals surface area contributed by atoms with Crippen LogP contribution in [0.2, 0.25) is 0 Å². The highest BCUT2D eigenvalue weighted by Crippen LogP contribution is 2.21. The fourth-order valence-corrected chi connectivity index (χ4v) is 2.54. The van der Waals surface area contributed by atoms with Gasteiger partial charge in [0.1, 0.15) is 18.4 Å². The van der Waals surface area contributed by atoms with Crippen molar-refractivity contribution >= 4 is 0 Å². The Hall–Kier alpha value is -2.74. The number of rotatable bonds is 7. The van der Waals surface area contributed by atoms with Crippen molar-refractivity contribution in [2.75, 3.05) is 14.2 Å². The highest BCUT2D eigenvalue weighted by atomic mass is 16.5. The van der Waals surface area contributed by atoms with E-state index in [-0.39, 0.29) is 0 Å². The number of benzene rings is 1. The largest absolute Gasteiger partial charge is 0.496 e. The number of hydrogen-bond acceptors (Lipinski definition) is 7. The van der Waals surface area contributed by atoms with Crippen molar-refractivity contribution in [3.63, 3.8) is 0 Å². The second kappa shape index (κ2) is 7.22. The van der Waals surface area contributed by atoms with Crippen LogP contribution in [0.1, 0.15) is 22.9 Å². The van der Waals surface area contributed by atoms with Gasteiger partial charge < -0.3 is 9.15 Å². The van der Waals surface area contributed by atoms with Crippen LogP contribution in [-0.2, 0) is 19.6 Å². The minimum absolute atomic E-state index is 0.581. The lowest BCUT2D eigenvalue weighted by molar-refractivity contribution is 0.278. The Kier molecular flexibility index (Phi) is 4.85. The SMILES string of the molecule is COc1ccc(CN(C)Cc2nnc(C)o2)cc1Cn1cncn1. The van der Waals surface area contributed by atoms with E-state index >= 15 is 0 Å². The van der Waals surface area contributed by atoms with Gasteiger partial charge >= 0.3 is 0 Å². The van der Waals surface area contributed by atoms with Crippen molar-refractivity contribution < 1.29 is 9.15 Å². The molecule has 8 heteroatoms. The third-order valence-electron chi connectivity index (χ3n) is 3.57. The molecular weight excluding hydrogens is 308 g/mol. The summed E-state index contributed by atoms with van der Waals surface area (Å²) in [5.41, 5.74) is 2.23. The molecule has 126 valence electrons. The molecule has 0 aliphatic carbocycles. The first-order chi connectivity index (χ1) is 11.6. The van der Waals surface area contributed by atoms with Gasteiger partial charge in [0.05, 0.1) is 20.2 Å². The molecule has 0 N–H and O–H groups in total. The third-order valence-corrected chi connectivity index (χ3v) is 3.57. The molecule has 2 aromatic heterocycles. The summed E-state index contributed by atoms with van der Waals surface area (Å²) >= 11 is 0. The molecule has 0 aliphatic rings. The number of ether oxygens (including phenoxy) is 1. The molecule has 0 fully saturated rings. The fourth-order valence-electron chi connectivity index (χ4n) is 2.54. The van der Waals surface area contributed by atoms with Crippen molar-refractivity contribution in [3.8, 4) is 5.75 Å². The molecule has 0 radical (unpaired) electrons. The Morgan fingerprint density at radius 3 is 2.79 bits per heavy atom. The second-order valence-corrected chi connectivity index (χ2v) is 5.63. The first-order valence-electron chi connectivity index (χ1n) is 7.60. The van der Waals surface area contributed by atoms with E-state index < -0.39 is 0 Å². The van der Waals surface area contributed by atoms with Crippen LogP contribution in [0.25, 0.3) is 0 Å². The number of aryl methyl sites for hydroxylation is 1. The molecule has 0 atom stereocenters. The van der Waals surface area contributed by atoms with Gasteiger partial charge in [0.2, 0.25) is 11.8 Å². The quantitative estimate of drug-likeness (QED) is 0.652. The van der Waals surface area contributed by atoms with Crippen LogP contribution in [0.3, 0.4) is 0 Å². The van der Waals surface area contributed by atoms with Gasteiger partial charge in [0.15, 0.2) is 0 Å². The maximum absolute atomic E-state index is 5.44. The van der Waals surface area contributed by atoms with E-state index in [0.29, 0.717) is 24.9 Å². The van der Waals surface area contributed by atoms with E-state index in [0.717, 1.165) is 17.9 Å². The van der Waals surface area contributed by atoms with Crippen LogP contribution >= 0.6 is 0 Å². The van der Waals surface area contributed by atoms with Crippen molar-refractivity contribution in [3.05, 3.63) is 53.8 Å². The summed E-state index contributed by atoms with van der Waals surface area (Å²) in [5.74, 6) is 2.04. The molecule has 3 aromatic rings. The summed E-state index contributed by atoms with van der Waals surface area (Å²) < 4.78 is 12.6. The molecule has 0 bridgehead atoms. The first-order valence-corrected chi connectivity index (χ1v) is 7.60. The zero-order valence-corrected chi connectivity index (χ0v) is 14.0. The predicted octanol–water partition coefficient (Wildman–Crippen LogP) is 1.66. The maximum atomic E-state index is 5.44. The third kappa shape index (κ3) is 3.96. The molecule has 2 heterocycles. The minimum Gasteiger partial charge on any atom is -0.496 e. The first kappa shape index (κ1) is 16.1. The van der Waals surface area contributed by atoms with Gasteiger partial charge in [0, 0.05) is 19.0 Å². The number of aromatic nitrogens is 5. The maximum Gasteiger partial charge on any atom is 0.230 e. The lowest BCUT2D eigenvalue weighted by Gasteiger charge is -2.16. The van der Waals surface area contributed by atoms with Crippen molar-refractivity contribution in [1.29, 1.82) is 0 Å². The zero-order valence-electron chi connectivity index (χ0n) is 14.0. The number of nitrogens with zero attached hydrogens (tertiary/aromatic N) is 6. The van der Waals surface area contributed by atoms with Crippen LogP contribution in [0.15, 0.2) is 35.3 Å². The van der Waals surface area contributed by atoms with Gasteiger partial charge in [-0.25, -0.2) is 9.67 Å². The molecule has 0 saturated heterocycles. The summed E-state index contributed by atoms with van der Waals surface area (Å²) in [5, 5.41) is 12.0. The summed E-state index contributed by atoms with van der Waals surface area (Å²) in [7, 11) is 3.69. The van der Waals surface area contributed by atoms with Gasteiger partial charge in [-0.2, -0.15) is 5.10 Å². The normalized spacial score (nSPS) is 11.2. The summed E-state index contributed by atoms with van der Waals surface area (Å²) in [6.45, 7) is 3.76. The molecule has 0 amide bonds. The van der Waals surface area contributed by atoms with E-state index in [2.05, 4.69) is 37.3 Å². The highest BCUT2D eigenvalue weighted by molar-refractivity contribution is 5.37. The van der Waals surface area contributed by atoms with Gasteiger partial charge in [0.25, 0.3) is 0 Å². The molecule has 1 aromatic carbocycles. The van der Waals surface area contributed by atoms with Gasteiger partial charge in [-0.05, 0) is 24.7 Å². The average molecular weight is 328 g/mol. The Labute approximate surface area is 140 Å². The molecular formula is C16H20N6O2. The van der Waals surface area contributed by atoms with Gasteiger partial charge in [-0.1, -0.05) is 6.07 Å². The molecule has 0 saturated carbocycles. The minimum atomic E-state index is 0.581. The zero-order chi connectivity index (χ0) is 16.9. The van der Waals surface area contributed by atoms with Crippen LogP contribution in [0.4, 0.5) is 0 Å². The monoisotopic (exact) mass is 328 g/mol. The van der Waals surface area contributed by atoms with E-state index in [1.165, 1.54) is 11.9 Å². The average Bonchev–Trinajstić information content (AvgIpc) is 3.19. The Balaban J connectivity index is 1.70. The Morgan fingerprint density at radius 2 is 2.12 bits per heavy atom. The predicted molar refractivity (Wildman–Crippen MR) is 86.3 cm³/mol. The van der Waals surface area contributed by atoms with Crippen LogP contribution in [0.5, 0.6) is 5.75 Å². The standard InChI is InChI=1S/C16H20N6O2/c1-12-19-20-16(24-12)9-21(2)7-13-4-5-15(23-3)14(6-13)8-22-11-17-10-18-22/h4-6,10-11H,7-9H2,1-3H3. The molecule has 24 heavy (non-hydrogen) atoms. The van der Waals surface area contributed by atoms with Crippen molar-refractivity contribution in [2.24, 2.45) is 0 Å². The molecule has 3 rings (SSSR count). The lowest BCUT2D eigenvalue weighted by atomic mass is 10.1. The number of methoxy groups -OCH3 is 1. The summed E-state index contributed by atoms with van der Waals surface area (Å²) in [6.07, 6.45) is 3.21. The highest BCUT2D eigenvalue weighted by Gasteiger charge is 2.10. The second-order valence-electron chi connectivity index (χ2n) is 5.63. The fraction of sp³-hybridized carbons (Fsp3) is 0.375. The summed E-state index contributed by atoms with van der Waals surface area (Å²) in [4.78, 5) is 6.09. The van der Waals surface area contributed by atoms with Crippen molar-refractivity contribution in [2.45, 2.75) is 26.6 Å². The van der Waals surface area contributed by atoms with Crippen LogP contribution < -0.4 is 4.74 Å². The molecule has 0 unspecified atom stereocenters. The Morgan fingerprint density at radius 1 is 1.25 bits per heavy atom. The van der Waals surface area contributed by atoms with E-state index in [1.807, 2.05) is 13.1 Å². The molecule has 0 spiro atoms. The topological polar surface area (TPSA) is 82.1 Å². The summed E-state index contributed by atoms with van der Waals surface area (Å²) in [6, 6.07) is 6.15. The lowest BCUT2D eigenvalue weighted by Crippen LogP contribution is -2.17. The molecule has 0 aliphatic heterocycles.